The van der Waals surface area contributed by atoms with Crippen LogP contribution in [-0.2, 0) is 29.0 Å². The fraction of sp³-hybridized carbons (Fsp3) is 0.583. The number of aryl methyl sites for hydroxylation is 2. The van der Waals surface area contributed by atoms with Gasteiger partial charge in [-0.1, -0.05) is 0 Å². The van der Waals surface area contributed by atoms with Gasteiger partial charge in [0.05, 0.1) is 5.69 Å². The summed E-state index contributed by atoms with van der Waals surface area (Å²) in [6.07, 6.45) is 7.83. The van der Waals surface area contributed by atoms with Gasteiger partial charge < -0.3 is 19.5 Å². The van der Waals surface area contributed by atoms with E-state index in [9.17, 15) is 14.4 Å². The van der Waals surface area contributed by atoms with E-state index in [0.717, 1.165) is 86.3 Å². The number of hydrogen-bond acceptors (Lipinski definition) is 5. The highest BCUT2D eigenvalue weighted by molar-refractivity contribution is 5.95. The molecule has 1 aliphatic carbocycles. The minimum atomic E-state index is -0.100. The van der Waals surface area contributed by atoms with E-state index in [1.165, 1.54) is 0 Å². The number of aromatic nitrogens is 2. The Morgan fingerprint density at radius 1 is 1.12 bits per heavy atom. The van der Waals surface area contributed by atoms with Crippen LogP contribution in [0.25, 0.3) is 11.3 Å². The van der Waals surface area contributed by atoms with Crippen molar-refractivity contribution in [3.8, 4) is 11.3 Å². The van der Waals surface area contributed by atoms with Crippen LogP contribution in [-0.4, -0.2) is 70.0 Å². The lowest BCUT2D eigenvalue weighted by atomic mass is 9.93. The lowest BCUT2D eigenvalue weighted by Crippen LogP contribution is -2.32. The molecule has 0 unspecified atom stereocenters. The van der Waals surface area contributed by atoms with E-state index in [1.54, 1.807) is 4.68 Å². The van der Waals surface area contributed by atoms with Gasteiger partial charge in [-0.2, -0.15) is 5.10 Å². The molecule has 2 aromatic rings. The van der Waals surface area contributed by atoms with Crippen LogP contribution in [0.3, 0.4) is 0 Å². The van der Waals surface area contributed by atoms with Gasteiger partial charge in [0.1, 0.15) is 12.3 Å². The smallest absolute Gasteiger partial charge is 0.289 e. The normalized spacial score (nSPS) is 17.4. The number of carbonyl (C=O) groups is 3. The summed E-state index contributed by atoms with van der Waals surface area (Å²) in [7, 11) is 0. The van der Waals surface area contributed by atoms with Crippen LogP contribution in [0.15, 0.2) is 10.6 Å². The van der Waals surface area contributed by atoms with E-state index >= 15 is 0 Å². The van der Waals surface area contributed by atoms with Crippen molar-refractivity contribution in [2.75, 3.05) is 32.7 Å². The number of likely N-dealkylation sites (tertiary alicyclic amines) is 2. The number of rotatable bonds is 7. The Balaban J connectivity index is 1.22. The van der Waals surface area contributed by atoms with E-state index in [1.807, 2.05) is 22.9 Å². The van der Waals surface area contributed by atoms with Crippen LogP contribution in [0.2, 0.25) is 0 Å². The van der Waals surface area contributed by atoms with Crippen molar-refractivity contribution in [1.29, 1.82) is 0 Å². The topological polar surface area (TPSA) is 101 Å². The molecule has 2 aliphatic heterocycles. The molecule has 4 heterocycles. The Morgan fingerprint density at radius 3 is 2.70 bits per heavy atom. The van der Waals surface area contributed by atoms with Gasteiger partial charge in [0.25, 0.3) is 5.91 Å². The molecule has 2 aromatic heterocycles. The zero-order valence-electron chi connectivity index (χ0n) is 19.2. The molecule has 0 radical (unpaired) electrons. The highest BCUT2D eigenvalue weighted by atomic mass is 16.4. The molecule has 2 saturated heterocycles. The van der Waals surface area contributed by atoms with Gasteiger partial charge in [0, 0.05) is 62.9 Å². The molecule has 5 rings (SSSR count). The first-order valence-electron chi connectivity index (χ1n) is 12.0. The lowest BCUT2D eigenvalue weighted by molar-refractivity contribution is -0.127. The second kappa shape index (κ2) is 9.03. The fourth-order valence-electron chi connectivity index (χ4n) is 5.15. The molecule has 9 nitrogen and oxygen atoms in total. The molecule has 0 aromatic carbocycles. The van der Waals surface area contributed by atoms with Crippen LogP contribution in [0, 0.1) is 6.92 Å². The third-order valence-electron chi connectivity index (χ3n) is 6.91. The second-order valence-corrected chi connectivity index (χ2v) is 9.24. The number of fused-ring (bicyclic) bond motifs is 3. The van der Waals surface area contributed by atoms with Crippen molar-refractivity contribution in [2.45, 2.75) is 58.4 Å². The van der Waals surface area contributed by atoms with Crippen molar-refractivity contribution in [3.63, 3.8) is 0 Å². The predicted molar refractivity (Wildman–Crippen MR) is 121 cm³/mol. The summed E-state index contributed by atoms with van der Waals surface area (Å²) >= 11 is 0. The van der Waals surface area contributed by atoms with Crippen molar-refractivity contribution < 1.29 is 18.8 Å². The summed E-state index contributed by atoms with van der Waals surface area (Å²) in [5.41, 5.74) is 3.65. The quantitative estimate of drug-likeness (QED) is 0.646. The van der Waals surface area contributed by atoms with Crippen LogP contribution in [0.5, 0.6) is 0 Å². The SMILES string of the molecule is Cc1c(C(=O)N2CCCC2)oc2c1-c1nn(CC(=O)NCCCN3CCCC3=O)cc1CC2. The van der Waals surface area contributed by atoms with Gasteiger partial charge in [-0.15, -0.1) is 0 Å². The summed E-state index contributed by atoms with van der Waals surface area (Å²) in [6, 6.07) is 0. The monoisotopic (exact) mass is 453 g/mol. The maximum Gasteiger partial charge on any atom is 0.289 e. The third-order valence-corrected chi connectivity index (χ3v) is 6.91. The molecule has 0 atom stereocenters. The number of amides is 3. The number of furan rings is 1. The first-order valence-corrected chi connectivity index (χ1v) is 12.0. The van der Waals surface area contributed by atoms with E-state index in [4.69, 9.17) is 4.42 Å². The maximum absolute atomic E-state index is 12.9. The molecular weight excluding hydrogens is 422 g/mol. The molecule has 2 fully saturated rings. The Morgan fingerprint density at radius 2 is 1.94 bits per heavy atom. The zero-order chi connectivity index (χ0) is 22.9. The van der Waals surface area contributed by atoms with Crippen molar-refractivity contribution >= 4 is 17.7 Å². The summed E-state index contributed by atoms with van der Waals surface area (Å²) in [5.74, 6) is 1.32. The van der Waals surface area contributed by atoms with Gasteiger partial charge in [-0.25, -0.2) is 0 Å². The highest BCUT2D eigenvalue weighted by Gasteiger charge is 2.32. The van der Waals surface area contributed by atoms with Crippen molar-refractivity contribution in [2.24, 2.45) is 0 Å². The minimum absolute atomic E-state index is 0.0320. The molecule has 176 valence electrons. The minimum Gasteiger partial charge on any atom is -0.455 e. The second-order valence-electron chi connectivity index (χ2n) is 9.24. The summed E-state index contributed by atoms with van der Waals surface area (Å²) < 4.78 is 7.70. The number of carbonyl (C=O) groups excluding carboxylic acids is 3. The van der Waals surface area contributed by atoms with Crippen molar-refractivity contribution in [1.82, 2.24) is 24.9 Å². The molecule has 0 bridgehead atoms. The predicted octanol–water partition coefficient (Wildman–Crippen LogP) is 1.91. The highest BCUT2D eigenvalue weighted by Crippen LogP contribution is 2.38. The third kappa shape index (κ3) is 4.28. The largest absolute Gasteiger partial charge is 0.455 e. The van der Waals surface area contributed by atoms with Gasteiger partial charge >= 0.3 is 0 Å². The fourth-order valence-corrected chi connectivity index (χ4v) is 5.15. The van der Waals surface area contributed by atoms with Crippen molar-refractivity contribution in [3.05, 3.63) is 28.8 Å². The van der Waals surface area contributed by atoms with E-state index in [-0.39, 0.29) is 24.3 Å². The molecule has 9 heteroatoms. The molecular formula is C24H31N5O4. The van der Waals surface area contributed by atoms with E-state index < -0.39 is 0 Å². The molecule has 3 amide bonds. The van der Waals surface area contributed by atoms with Gasteiger partial charge in [-0.3, -0.25) is 19.1 Å². The van der Waals surface area contributed by atoms with Gasteiger partial charge in [0.15, 0.2) is 5.76 Å². The average molecular weight is 454 g/mol. The van der Waals surface area contributed by atoms with Gasteiger partial charge in [0.2, 0.25) is 11.8 Å². The van der Waals surface area contributed by atoms with Crippen LogP contribution in [0.4, 0.5) is 0 Å². The summed E-state index contributed by atoms with van der Waals surface area (Å²) in [5, 5.41) is 7.61. The van der Waals surface area contributed by atoms with Gasteiger partial charge in [-0.05, 0) is 44.6 Å². The Hall–Kier alpha value is -3.10. The van der Waals surface area contributed by atoms with Crippen LogP contribution >= 0.6 is 0 Å². The lowest BCUT2D eigenvalue weighted by Gasteiger charge is -2.15. The Labute approximate surface area is 193 Å². The van der Waals surface area contributed by atoms with E-state index in [0.29, 0.717) is 25.3 Å². The maximum atomic E-state index is 12.9. The molecule has 1 N–H and O–H groups in total. The Bertz CT molecular complexity index is 1080. The first-order chi connectivity index (χ1) is 16.0. The summed E-state index contributed by atoms with van der Waals surface area (Å²) in [4.78, 5) is 40.7. The number of nitrogens with zero attached hydrogens (tertiary/aromatic N) is 4. The molecule has 0 saturated carbocycles. The molecule has 33 heavy (non-hydrogen) atoms. The average Bonchev–Trinajstić information content (AvgIpc) is 3.58. The summed E-state index contributed by atoms with van der Waals surface area (Å²) in [6.45, 7) is 5.69. The number of nitrogens with one attached hydrogen (secondary N) is 1. The first kappa shape index (κ1) is 21.7. The van der Waals surface area contributed by atoms with E-state index in [2.05, 4.69) is 10.4 Å². The Kier molecular flexibility index (Phi) is 5.95. The molecule has 0 spiro atoms. The number of hydrogen-bond donors (Lipinski definition) is 1. The van der Waals surface area contributed by atoms with Crippen LogP contribution < -0.4 is 5.32 Å². The van der Waals surface area contributed by atoms with Crippen LogP contribution in [0.1, 0.15) is 59.5 Å². The zero-order valence-corrected chi connectivity index (χ0v) is 19.2. The standard InChI is InChI=1S/C24H31N5O4/c1-16-21-18(33-23(16)24(32)28-10-2-3-11-28)8-7-17-14-29(26-22(17)21)15-19(30)25-9-5-13-27-12-4-6-20(27)31/h14H,2-13,15H2,1H3,(H,25,30). The molecule has 3 aliphatic rings.